The first-order chi connectivity index (χ1) is 11.8. The Bertz CT molecular complexity index is 761. The van der Waals surface area contributed by atoms with E-state index in [1.54, 1.807) is 10.9 Å². The molecule has 0 amide bonds. The minimum Gasteiger partial charge on any atom is -0.460 e. The number of rotatable bonds is 7. The number of aliphatic hydroxyl groups excluding tert-OH is 1. The van der Waals surface area contributed by atoms with Crippen LogP contribution in [0, 0.1) is 0 Å². The molecule has 0 atom stereocenters. The van der Waals surface area contributed by atoms with Crippen molar-refractivity contribution in [3.63, 3.8) is 0 Å². The number of hydrogen-bond donors (Lipinski definition) is 2. The lowest BCUT2D eigenvalue weighted by Gasteiger charge is -2.19. The number of carbonyl (C=O) groups is 1. The molecule has 0 saturated heterocycles. The fourth-order valence-electron chi connectivity index (χ4n) is 2.16. The third-order valence-corrected chi connectivity index (χ3v) is 3.35. The molecule has 0 radical (unpaired) electrons. The zero-order chi connectivity index (χ0) is 18.4. The lowest BCUT2D eigenvalue weighted by Crippen LogP contribution is -2.24. The molecule has 0 aromatic carbocycles. The first-order valence-electron chi connectivity index (χ1n) is 8.18. The topological polar surface area (TPSA) is 102 Å². The maximum atomic E-state index is 11.9. The van der Waals surface area contributed by atoms with Gasteiger partial charge >= 0.3 is 5.97 Å². The number of aryl methyl sites for hydroxylation is 1. The van der Waals surface area contributed by atoms with Crippen LogP contribution in [0.2, 0.25) is 0 Å². The predicted molar refractivity (Wildman–Crippen MR) is 95.1 cm³/mol. The first-order valence-corrected chi connectivity index (χ1v) is 8.18. The molecule has 136 valence electrons. The van der Waals surface area contributed by atoms with Crippen LogP contribution in [-0.2, 0) is 16.1 Å². The molecule has 0 fully saturated rings. The second kappa shape index (κ2) is 8.06. The van der Waals surface area contributed by atoms with Gasteiger partial charge in [-0.1, -0.05) is 11.6 Å². The molecule has 0 bridgehead atoms. The van der Waals surface area contributed by atoms with E-state index in [0.717, 1.165) is 5.57 Å². The third kappa shape index (κ3) is 5.53. The summed E-state index contributed by atoms with van der Waals surface area (Å²) in [4.78, 5) is 24.7. The number of esters is 1. The molecule has 0 aliphatic rings. The van der Waals surface area contributed by atoms with E-state index in [1.165, 1.54) is 6.33 Å². The number of aromatic nitrogens is 4. The molecule has 2 heterocycles. The maximum Gasteiger partial charge on any atom is 0.308 e. The van der Waals surface area contributed by atoms with E-state index in [4.69, 9.17) is 9.84 Å². The minimum atomic E-state index is -0.492. The van der Waals surface area contributed by atoms with Crippen molar-refractivity contribution in [2.75, 3.05) is 18.5 Å². The molecule has 0 aliphatic heterocycles. The monoisotopic (exact) mass is 347 g/mol. The van der Waals surface area contributed by atoms with Gasteiger partial charge in [-0.15, -0.1) is 0 Å². The van der Waals surface area contributed by atoms with Crippen molar-refractivity contribution in [2.45, 2.75) is 46.3 Å². The zero-order valence-electron chi connectivity index (χ0n) is 15.1. The molecule has 2 N–H and O–H groups in total. The summed E-state index contributed by atoms with van der Waals surface area (Å²) in [6.07, 6.45) is 5.23. The summed E-state index contributed by atoms with van der Waals surface area (Å²) in [5.74, 6) is 0.356. The number of nitrogens with zero attached hydrogens (tertiary/aromatic N) is 4. The Morgan fingerprint density at radius 1 is 1.36 bits per heavy atom. The molecule has 2 aromatic heterocycles. The average Bonchev–Trinajstić information content (AvgIpc) is 2.95. The summed E-state index contributed by atoms with van der Waals surface area (Å²) in [6, 6.07) is 0. The number of carbonyl (C=O) groups excluding carboxylic acids is 1. The highest BCUT2D eigenvalue weighted by molar-refractivity contribution is 5.82. The lowest BCUT2D eigenvalue weighted by atomic mass is 10.2. The number of anilines is 1. The van der Waals surface area contributed by atoms with Gasteiger partial charge in [0.2, 0.25) is 0 Å². The average molecular weight is 347 g/mol. The van der Waals surface area contributed by atoms with Crippen LogP contribution in [-0.4, -0.2) is 49.3 Å². The summed E-state index contributed by atoms with van der Waals surface area (Å²) in [5.41, 5.74) is 1.68. The first kappa shape index (κ1) is 18.9. The van der Waals surface area contributed by atoms with Crippen LogP contribution in [0.25, 0.3) is 11.2 Å². The fourth-order valence-corrected chi connectivity index (χ4v) is 2.16. The Hall–Kier alpha value is -2.48. The summed E-state index contributed by atoms with van der Waals surface area (Å²) < 4.78 is 7.12. The second-order valence-corrected chi connectivity index (χ2v) is 6.76. The van der Waals surface area contributed by atoms with Gasteiger partial charge in [0.05, 0.1) is 19.4 Å². The Kier molecular flexibility index (Phi) is 6.08. The molecule has 0 aliphatic carbocycles. The van der Waals surface area contributed by atoms with Gasteiger partial charge in [0, 0.05) is 13.1 Å². The van der Waals surface area contributed by atoms with Crippen LogP contribution < -0.4 is 5.32 Å². The van der Waals surface area contributed by atoms with E-state index >= 15 is 0 Å². The maximum absolute atomic E-state index is 11.9. The number of hydrogen-bond acceptors (Lipinski definition) is 7. The van der Waals surface area contributed by atoms with Crippen LogP contribution in [0.4, 0.5) is 5.82 Å². The highest BCUT2D eigenvalue weighted by atomic mass is 16.6. The van der Waals surface area contributed by atoms with Crippen molar-refractivity contribution >= 4 is 23.0 Å². The van der Waals surface area contributed by atoms with Crippen molar-refractivity contribution in [1.82, 2.24) is 19.5 Å². The van der Waals surface area contributed by atoms with Crippen molar-refractivity contribution < 1.29 is 14.6 Å². The predicted octanol–water partition coefficient (Wildman–Crippen LogP) is 1.91. The standard InChI is InChI=1S/C17H25N5O3/c1-12(9-23)5-7-18-15-14-16(20-10-19-15)22(11-21-14)8-6-13(24)25-17(2,3)4/h5,10-11,23H,6-9H2,1-4H3,(H,18,19,20)/b12-5-. The number of fused-ring (bicyclic) bond motifs is 1. The number of nitrogens with one attached hydrogen (secondary N) is 1. The Labute approximate surface area is 147 Å². The molecular weight excluding hydrogens is 322 g/mol. The molecule has 2 aromatic rings. The van der Waals surface area contributed by atoms with Gasteiger partial charge in [0.25, 0.3) is 0 Å². The normalized spacial score (nSPS) is 12.4. The number of aliphatic hydroxyl groups is 1. The van der Waals surface area contributed by atoms with Crippen LogP contribution in [0.1, 0.15) is 34.1 Å². The largest absolute Gasteiger partial charge is 0.460 e. The SMILES string of the molecule is C/C(=C/CNc1ncnc2c1ncn2CCC(=O)OC(C)(C)C)CO. The molecule has 2 rings (SSSR count). The fraction of sp³-hybridized carbons (Fsp3) is 0.529. The van der Waals surface area contributed by atoms with Crippen LogP contribution in [0.15, 0.2) is 24.3 Å². The number of imidazole rings is 1. The third-order valence-electron chi connectivity index (χ3n) is 3.35. The Morgan fingerprint density at radius 3 is 2.80 bits per heavy atom. The highest BCUT2D eigenvalue weighted by Gasteiger charge is 2.17. The van der Waals surface area contributed by atoms with Gasteiger partial charge in [0.1, 0.15) is 17.4 Å². The van der Waals surface area contributed by atoms with Crippen LogP contribution in [0.5, 0.6) is 0 Å². The quantitative estimate of drug-likeness (QED) is 0.582. The lowest BCUT2D eigenvalue weighted by molar-refractivity contribution is -0.155. The molecule has 0 saturated carbocycles. The molecule has 8 heteroatoms. The molecular formula is C17H25N5O3. The van der Waals surface area contributed by atoms with Crippen LogP contribution in [0.3, 0.4) is 0 Å². The Balaban J connectivity index is 2.06. The van der Waals surface area contributed by atoms with Gasteiger partial charge in [-0.25, -0.2) is 15.0 Å². The summed E-state index contributed by atoms with van der Waals surface area (Å²) in [5, 5.41) is 12.2. The zero-order valence-corrected chi connectivity index (χ0v) is 15.1. The van der Waals surface area contributed by atoms with Gasteiger partial charge in [-0.3, -0.25) is 4.79 Å². The van der Waals surface area contributed by atoms with E-state index in [0.29, 0.717) is 30.1 Å². The van der Waals surface area contributed by atoms with E-state index in [2.05, 4.69) is 20.3 Å². The van der Waals surface area contributed by atoms with Gasteiger partial charge in [0.15, 0.2) is 11.5 Å². The minimum absolute atomic E-state index is 0.0279. The molecule has 0 unspecified atom stereocenters. The molecule has 25 heavy (non-hydrogen) atoms. The number of ether oxygens (including phenoxy) is 1. The van der Waals surface area contributed by atoms with Crippen molar-refractivity contribution in [1.29, 1.82) is 0 Å². The van der Waals surface area contributed by atoms with Crippen molar-refractivity contribution in [3.8, 4) is 0 Å². The highest BCUT2D eigenvalue weighted by Crippen LogP contribution is 2.18. The second-order valence-electron chi connectivity index (χ2n) is 6.76. The van der Waals surface area contributed by atoms with E-state index in [9.17, 15) is 4.79 Å². The van der Waals surface area contributed by atoms with Crippen molar-refractivity contribution in [3.05, 3.63) is 24.3 Å². The summed E-state index contributed by atoms with van der Waals surface area (Å²) >= 11 is 0. The molecule has 0 spiro atoms. The van der Waals surface area contributed by atoms with E-state index < -0.39 is 5.60 Å². The molecule has 8 nitrogen and oxygen atoms in total. The Morgan fingerprint density at radius 2 is 2.12 bits per heavy atom. The van der Waals surface area contributed by atoms with Gasteiger partial charge in [-0.05, 0) is 27.7 Å². The van der Waals surface area contributed by atoms with Crippen LogP contribution >= 0.6 is 0 Å². The van der Waals surface area contributed by atoms with Gasteiger partial charge in [-0.2, -0.15) is 0 Å². The van der Waals surface area contributed by atoms with Crippen molar-refractivity contribution in [2.24, 2.45) is 0 Å². The van der Waals surface area contributed by atoms with E-state index in [-0.39, 0.29) is 19.0 Å². The van der Waals surface area contributed by atoms with E-state index in [1.807, 2.05) is 33.8 Å². The van der Waals surface area contributed by atoms with Gasteiger partial charge < -0.3 is 19.7 Å². The summed E-state index contributed by atoms with van der Waals surface area (Å²) in [6.45, 7) is 8.37. The summed E-state index contributed by atoms with van der Waals surface area (Å²) in [7, 11) is 0. The smallest absolute Gasteiger partial charge is 0.308 e.